The summed E-state index contributed by atoms with van der Waals surface area (Å²) in [5.74, 6) is 1.15. The van der Waals surface area contributed by atoms with Crippen LogP contribution in [0.3, 0.4) is 0 Å². The van der Waals surface area contributed by atoms with Gasteiger partial charge in [0.15, 0.2) is 0 Å². The maximum absolute atomic E-state index is 12.0. The predicted octanol–water partition coefficient (Wildman–Crippen LogP) is 2.07. The van der Waals surface area contributed by atoms with E-state index < -0.39 is 10.0 Å². The van der Waals surface area contributed by atoms with Gasteiger partial charge in [0.05, 0.1) is 16.3 Å². The van der Waals surface area contributed by atoms with Gasteiger partial charge in [0.2, 0.25) is 10.0 Å². The van der Waals surface area contributed by atoms with Crippen LogP contribution < -0.4 is 11.1 Å². The van der Waals surface area contributed by atoms with E-state index in [1.165, 1.54) is 24.5 Å². The maximum Gasteiger partial charge on any atom is 0.242 e. The van der Waals surface area contributed by atoms with Crippen molar-refractivity contribution in [3.8, 4) is 0 Å². The summed E-state index contributed by atoms with van der Waals surface area (Å²) in [5, 5.41) is 3.24. The molecule has 0 aromatic heterocycles. The molecule has 0 spiro atoms. The number of benzene rings is 1. The number of rotatable bonds is 8. The largest absolute Gasteiger partial charge is 0.397 e. The van der Waals surface area contributed by atoms with Crippen molar-refractivity contribution in [3.63, 3.8) is 0 Å². The zero-order chi connectivity index (χ0) is 15.2. The van der Waals surface area contributed by atoms with Crippen LogP contribution in [0.4, 0.5) is 11.4 Å². The molecule has 5 nitrogen and oxygen atoms in total. The smallest absolute Gasteiger partial charge is 0.242 e. The Kier molecular flexibility index (Phi) is 6.64. The van der Waals surface area contributed by atoms with E-state index in [2.05, 4.69) is 11.6 Å². The fourth-order valence-electron chi connectivity index (χ4n) is 1.67. The highest BCUT2D eigenvalue weighted by molar-refractivity contribution is 7.98. The molecule has 0 aliphatic heterocycles. The number of nitrogens with zero attached hydrogens (tertiary/aromatic N) is 1. The Labute approximate surface area is 126 Å². The van der Waals surface area contributed by atoms with E-state index in [0.717, 1.165) is 30.8 Å². The van der Waals surface area contributed by atoms with Crippen LogP contribution in [0, 0.1) is 0 Å². The number of hydrogen-bond donors (Lipinski definition) is 2. The normalized spacial score (nSPS) is 11.8. The summed E-state index contributed by atoms with van der Waals surface area (Å²) in [4.78, 5) is 0.216. The third kappa shape index (κ3) is 4.57. The lowest BCUT2D eigenvalue weighted by Gasteiger charge is -2.14. The van der Waals surface area contributed by atoms with Crippen LogP contribution in [-0.2, 0) is 10.0 Å². The number of anilines is 2. The maximum atomic E-state index is 12.0. The van der Waals surface area contributed by atoms with Crippen molar-refractivity contribution in [2.24, 2.45) is 0 Å². The van der Waals surface area contributed by atoms with Crippen LogP contribution in [-0.4, -0.2) is 45.4 Å². The third-order valence-electron chi connectivity index (χ3n) is 2.89. The highest BCUT2D eigenvalue weighted by atomic mass is 32.2. The average Bonchev–Trinajstić information content (AvgIpc) is 2.39. The van der Waals surface area contributed by atoms with Gasteiger partial charge in [0.1, 0.15) is 0 Å². The van der Waals surface area contributed by atoms with Crippen molar-refractivity contribution < 1.29 is 8.42 Å². The van der Waals surface area contributed by atoms with E-state index in [1.807, 2.05) is 11.8 Å². The van der Waals surface area contributed by atoms with Crippen LogP contribution in [0.15, 0.2) is 23.1 Å². The van der Waals surface area contributed by atoms with E-state index in [9.17, 15) is 8.42 Å². The molecule has 0 atom stereocenters. The number of nitrogens with two attached hydrogens (primary N) is 1. The van der Waals surface area contributed by atoms with Gasteiger partial charge >= 0.3 is 0 Å². The van der Waals surface area contributed by atoms with Crippen molar-refractivity contribution >= 4 is 33.2 Å². The van der Waals surface area contributed by atoms with Gasteiger partial charge in [-0.1, -0.05) is 0 Å². The highest BCUT2D eigenvalue weighted by Gasteiger charge is 2.17. The Morgan fingerprint density at radius 3 is 2.55 bits per heavy atom. The monoisotopic (exact) mass is 317 g/mol. The lowest BCUT2D eigenvalue weighted by molar-refractivity contribution is 0.521. The molecule has 0 aliphatic rings. The zero-order valence-corrected chi connectivity index (χ0v) is 13.9. The molecule has 1 aromatic rings. The zero-order valence-electron chi connectivity index (χ0n) is 12.2. The predicted molar refractivity (Wildman–Crippen MR) is 87.8 cm³/mol. The molecule has 1 rings (SSSR count). The van der Waals surface area contributed by atoms with Gasteiger partial charge in [0.25, 0.3) is 0 Å². The molecule has 0 heterocycles. The van der Waals surface area contributed by atoms with Crippen LogP contribution in [0.2, 0.25) is 0 Å². The SMILES string of the molecule is CSCCCCNc1ccc(S(=O)(=O)N(C)C)cc1N. The molecule has 0 saturated carbocycles. The second-order valence-corrected chi connectivity index (χ2v) is 7.80. The van der Waals surface area contributed by atoms with Gasteiger partial charge in [-0.15, -0.1) is 0 Å². The number of unbranched alkanes of at least 4 members (excludes halogenated alkanes) is 1. The highest BCUT2D eigenvalue weighted by Crippen LogP contribution is 2.24. The van der Waals surface area contributed by atoms with Gasteiger partial charge in [-0.3, -0.25) is 0 Å². The van der Waals surface area contributed by atoms with Gasteiger partial charge in [0, 0.05) is 20.6 Å². The minimum atomic E-state index is -3.43. The molecule has 7 heteroatoms. The quantitative estimate of drug-likeness (QED) is 0.567. The van der Waals surface area contributed by atoms with Crippen molar-refractivity contribution in [1.29, 1.82) is 0 Å². The van der Waals surface area contributed by atoms with Crippen molar-refractivity contribution in [3.05, 3.63) is 18.2 Å². The van der Waals surface area contributed by atoms with Gasteiger partial charge < -0.3 is 11.1 Å². The third-order valence-corrected chi connectivity index (χ3v) is 5.40. The second kappa shape index (κ2) is 7.75. The van der Waals surface area contributed by atoms with E-state index in [-0.39, 0.29) is 4.90 Å². The summed E-state index contributed by atoms with van der Waals surface area (Å²) in [6, 6.07) is 4.80. The number of sulfonamides is 1. The van der Waals surface area contributed by atoms with Crippen molar-refractivity contribution in [2.75, 3.05) is 43.7 Å². The van der Waals surface area contributed by atoms with Crippen LogP contribution in [0.5, 0.6) is 0 Å². The molecule has 0 saturated heterocycles. The van der Waals surface area contributed by atoms with Crippen LogP contribution in [0.25, 0.3) is 0 Å². The standard InChI is InChI=1S/C13H23N3O2S2/c1-16(2)20(17,18)11-6-7-13(12(14)10-11)15-8-4-5-9-19-3/h6-7,10,15H,4-5,8-9,14H2,1-3H3. The topological polar surface area (TPSA) is 75.4 Å². The van der Waals surface area contributed by atoms with Crippen LogP contribution >= 0.6 is 11.8 Å². The average molecular weight is 317 g/mol. The lowest BCUT2D eigenvalue weighted by atomic mass is 10.2. The molecule has 0 amide bonds. The fourth-order valence-corrected chi connectivity index (χ4v) is 3.10. The van der Waals surface area contributed by atoms with E-state index in [4.69, 9.17) is 5.73 Å². The van der Waals surface area contributed by atoms with E-state index in [1.54, 1.807) is 12.1 Å². The molecular weight excluding hydrogens is 294 g/mol. The minimum Gasteiger partial charge on any atom is -0.397 e. The molecule has 0 bridgehead atoms. The number of hydrogen-bond acceptors (Lipinski definition) is 5. The summed E-state index contributed by atoms with van der Waals surface area (Å²) in [7, 11) is -0.419. The Morgan fingerprint density at radius 2 is 2.00 bits per heavy atom. The molecule has 0 unspecified atom stereocenters. The first-order valence-corrected chi connectivity index (χ1v) is 9.28. The molecule has 0 fully saturated rings. The molecule has 0 radical (unpaired) electrons. The van der Waals surface area contributed by atoms with Crippen molar-refractivity contribution in [2.45, 2.75) is 17.7 Å². The van der Waals surface area contributed by atoms with Crippen LogP contribution in [0.1, 0.15) is 12.8 Å². The Morgan fingerprint density at radius 1 is 1.30 bits per heavy atom. The number of nitrogen functional groups attached to an aromatic ring is 1. The Balaban J connectivity index is 2.69. The Bertz CT molecular complexity index is 530. The fraction of sp³-hybridized carbons (Fsp3) is 0.538. The minimum absolute atomic E-state index is 0.216. The number of thioether (sulfide) groups is 1. The lowest BCUT2D eigenvalue weighted by Crippen LogP contribution is -2.22. The molecule has 1 aromatic carbocycles. The van der Waals surface area contributed by atoms with Gasteiger partial charge in [-0.2, -0.15) is 11.8 Å². The first-order chi connectivity index (χ1) is 9.39. The first-order valence-electron chi connectivity index (χ1n) is 6.44. The molecule has 20 heavy (non-hydrogen) atoms. The van der Waals surface area contributed by atoms with Crippen molar-refractivity contribution in [1.82, 2.24) is 4.31 Å². The van der Waals surface area contributed by atoms with Gasteiger partial charge in [-0.05, 0) is 43.0 Å². The molecular formula is C13H23N3O2S2. The summed E-state index contributed by atoms with van der Waals surface area (Å²) in [6.45, 7) is 0.838. The number of nitrogens with one attached hydrogen (secondary N) is 1. The van der Waals surface area contributed by atoms with E-state index >= 15 is 0 Å². The Hall–Kier alpha value is -0.920. The molecule has 114 valence electrons. The summed E-state index contributed by atoms with van der Waals surface area (Å²) in [6.07, 6.45) is 4.31. The molecule has 3 N–H and O–H groups in total. The molecule has 0 aliphatic carbocycles. The second-order valence-electron chi connectivity index (χ2n) is 4.66. The summed E-state index contributed by atoms with van der Waals surface area (Å²) >= 11 is 1.83. The summed E-state index contributed by atoms with van der Waals surface area (Å²) in [5.41, 5.74) is 7.15. The summed E-state index contributed by atoms with van der Waals surface area (Å²) < 4.78 is 25.1. The van der Waals surface area contributed by atoms with E-state index in [0.29, 0.717) is 5.69 Å². The first kappa shape index (κ1) is 17.1. The van der Waals surface area contributed by atoms with Gasteiger partial charge in [-0.25, -0.2) is 12.7 Å².